The van der Waals surface area contributed by atoms with Crippen molar-refractivity contribution >= 4 is 5.97 Å². The van der Waals surface area contributed by atoms with Gasteiger partial charge in [0.15, 0.2) is 0 Å². The molecule has 2 nitrogen and oxygen atoms in total. The molecule has 0 spiro atoms. The van der Waals surface area contributed by atoms with E-state index in [1.54, 1.807) is 0 Å². The number of carboxylic acid groups (broad SMARTS) is 1. The van der Waals surface area contributed by atoms with E-state index in [9.17, 15) is 4.79 Å². The Morgan fingerprint density at radius 1 is 1.83 bits per heavy atom. The summed E-state index contributed by atoms with van der Waals surface area (Å²) in [6.45, 7) is 4.85. The molecule has 0 aromatic heterocycles. The van der Waals surface area contributed by atoms with Gasteiger partial charge < -0.3 is 5.11 Å². The van der Waals surface area contributed by atoms with Crippen molar-refractivity contribution in [1.29, 1.82) is 0 Å². The molecule has 0 aliphatic carbocycles. The first kappa shape index (κ1) is 5.47. The van der Waals surface area contributed by atoms with E-state index < -0.39 is 5.97 Å². The summed E-state index contributed by atoms with van der Waals surface area (Å²) in [5.41, 5.74) is 0. The molecule has 0 fully saturated rings. The number of rotatable bonds is 2. The largest absolute Gasteiger partial charge is 0.481 e. The summed E-state index contributed by atoms with van der Waals surface area (Å²) in [6.07, 6.45) is 0.301. The van der Waals surface area contributed by atoms with Crippen LogP contribution in [0.5, 0.6) is 0 Å². The van der Waals surface area contributed by atoms with E-state index in [2.05, 4.69) is 0 Å². The molecule has 0 amide bonds. The number of aliphatic carboxylic acids is 1. The third-order valence-corrected chi connectivity index (χ3v) is 0.358. The molecule has 0 aromatic rings. The molecule has 0 saturated carbocycles. The zero-order chi connectivity index (χ0) is 4.99. The average Bonchev–Trinajstić information content (AvgIpc) is 1.35. The Hall–Kier alpha value is -0.530. The molecule has 0 aromatic carbocycles. The maximum atomic E-state index is 9.52. The molecular weight excluding hydrogens is 80.0 g/mol. The van der Waals surface area contributed by atoms with E-state index >= 15 is 0 Å². The lowest BCUT2D eigenvalue weighted by atomic mass is 10.4. The van der Waals surface area contributed by atoms with Gasteiger partial charge >= 0.3 is 5.97 Å². The third kappa shape index (κ3) is 3.47. The molecule has 0 rings (SSSR count). The summed E-state index contributed by atoms with van der Waals surface area (Å²) in [7, 11) is 0. The van der Waals surface area contributed by atoms with Crippen molar-refractivity contribution in [2.75, 3.05) is 0 Å². The van der Waals surface area contributed by atoms with Gasteiger partial charge in [-0.25, -0.2) is 0 Å². The van der Waals surface area contributed by atoms with E-state index in [4.69, 9.17) is 12.0 Å². The van der Waals surface area contributed by atoms with Gasteiger partial charge in [-0.1, -0.05) is 0 Å². The van der Waals surface area contributed by atoms with Crippen LogP contribution < -0.4 is 0 Å². The fraction of sp³-hybridized carbons (Fsp3) is 0.500. The second-order valence-electron chi connectivity index (χ2n) is 0.932. The molecule has 0 bridgehead atoms. The van der Waals surface area contributed by atoms with Gasteiger partial charge in [0.1, 0.15) is 0 Å². The van der Waals surface area contributed by atoms with Gasteiger partial charge in [0.2, 0.25) is 0 Å². The van der Waals surface area contributed by atoms with Gasteiger partial charge in [0.05, 0.1) is 0 Å². The SMILES string of the molecule is [CH]CCC(=O)O. The lowest BCUT2D eigenvalue weighted by Gasteiger charge is -1.79. The smallest absolute Gasteiger partial charge is 0.303 e. The normalized spacial score (nSPS) is 8.17. The van der Waals surface area contributed by atoms with Crippen LogP contribution in [0.25, 0.3) is 0 Å². The van der Waals surface area contributed by atoms with Gasteiger partial charge in [-0.05, 0) is 13.3 Å². The zero-order valence-corrected chi connectivity index (χ0v) is 3.35. The molecule has 1 N–H and O–H groups in total. The van der Waals surface area contributed by atoms with Gasteiger partial charge in [-0.3, -0.25) is 4.79 Å². The first-order valence-electron chi connectivity index (χ1n) is 1.69. The second kappa shape index (κ2) is 2.69. The van der Waals surface area contributed by atoms with Crippen molar-refractivity contribution in [1.82, 2.24) is 0 Å². The van der Waals surface area contributed by atoms with Crippen LogP contribution in [0.4, 0.5) is 0 Å². The number of hydrogen-bond donors (Lipinski definition) is 1. The minimum absolute atomic E-state index is 0.0694. The Bertz CT molecular complexity index is 49.5. The van der Waals surface area contributed by atoms with Crippen LogP contribution in [0.3, 0.4) is 0 Å². The highest BCUT2D eigenvalue weighted by Gasteiger charge is 1.87. The Morgan fingerprint density at radius 3 is 2.33 bits per heavy atom. The third-order valence-electron chi connectivity index (χ3n) is 0.358. The molecule has 0 heterocycles. The van der Waals surface area contributed by atoms with Gasteiger partial charge in [0.25, 0.3) is 0 Å². The molecule has 2 heteroatoms. The van der Waals surface area contributed by atoms with Crippen molar-refractivity contribution in [2.45, 2.75) is 12.8 Å². The number of carbonyl (C=O) groups is 1. The van der Waals surface area contributed by atoms with Crippen LogP contribution in [0.2, 0.25) is 0 Å². The molecule has 2 radical (unpaired) electrons. The van der Waals surface area contributed by atoms with Crippen LogP contribution in [0.1, 0.15) is 12.8 Å². The fourth-order valence-corrected chi connectivity index (χ4v) is 0.123. The van der Waals surface area contributed by atoms with Crippen LogP contribution in [-0.4, -0.2) is 11.1 Å². The fourth-order valence-electron chi connectivity index (χ4n) is 0.123. The maximum absolute atomic E-state index is 9.52. The van der Waals surface area contributed by atoms with E-state index in [1.165, 1.54) is 0 Å². The van der Waals surface area contributed by atoms with Crippen molar-refractivity contribution in [3.63, 3.8) is 0 Å². The summed E-state index contributed by atoms with van der Waals surface area (Å²) >= 11 is 0. The summed E-state index contributed by atoms with van der Waals surface area (Å²) in [5.74, 6) is -0.836. The number of hydrogen-bond acceptors (Lipinski definition) is 1. The van der Waals surface area contributed by atoms with Crippen molar-refractivity contribution in [3.05, 3.63) is 6.92 Å². The van der Waals surface area contributed by atoms with Crippen LogP contribution in [0.15, 0.2) is 0 Å². The summed E-state index contributed by atoms with van der Waals surface area (Å²) in [4.78, 5) is 9.52. The predicted octanol–water partition coefficient (Wildman–Crippen LogP) is 0.562. The van der Waals surface area contributed by atoms with Crippen LogP contribution in [0, 0.1) is 6.92 Å². The Labute approximate surface area is 36.8 Å². The lowest BCUT2D eigenvalue weighted by molar-refractivity contribution is -0.136. The second-order valence-corrected chi connectivity index (χ2v) is 0.932. The Balaban J connectivity index is 2.83. The number of carboxylic acids is 1. The van der Waals surface area contributed by atoms with Crippen molar-refractivity contribution in [3.8, 4) is 0 Å². The molecule has 0 saturated heterocycles. The highest BCUT2D eigenvalue weighted by molar-refractivity contribution is 5.66. The Kier molecular flexibility index (Phi) is 2.46. The standard InChI is InChI=1S/C4H6O2/c1-2-3-4(5)6/h1H,2-3H2,(H,5,6). The average molecular weight is 86.1 g/mol. The molecule has 0 atom stereocenters. The summed E-state index contributed by atoms with van der Waals surface area (Å²) < 4.78 is 0. The van der Waals surface area contributed by atoms with Crippen molar-refractivity contribution < 1.29 is 9.90 Å². The maximum Gasteiger partial charge on any atom is 0.303 e. The topological polar surface area (TPSA) is 37.3 Å². The summed E-state index contributed by atoms with van der Waals surface area (Å²) in [5, 5.41) is 7.83. The Morgan fingerprint density at radius 2 is 2.33 bits per heavy atom. The quantitative estimate of drug-likeness (QED) is 0.533. The van der Waals surface area contributed by atoms with Crippen LogP contribution in [-0.2, 0) is 4.79 Å². The summed E-state index contributed by atoms with van der Waals surface area (Å²) in [6, 6.07) is 0. The van der Waals surface area contributed by atoms with Crippen LogP contribution >= 0.6 is 0 Å². The van der Waals surface area contributed by atoms with E-state index in [-0.39, 0.29) is 12.8 Å². The molecule has 0 unspecified atom stereocenters. The molecule has 0 aliphatic rings. The molecular formula is C4H6O2. The lowest BCUT2D eigenvalue weighted by Crippen LogP contribution is -1.90. The first-order valence-corrected chi connectivity index (χ1v) is 1.69. The monoisotopic (exact) mass is 86.0 g/mol. The van der Waals surface area contributed by atoms with E-state index in [1.807, 2.05) is 0 Å². The minimum atomic E-state index is -0.836. The zero-order valence-electron chi connectivity index (χ0n) is 3.35. The predicted molar refractivity (Wildman–Crippen MR) is 21.2 cm³/mol. The van der Waals surface area contributed by atoms with Gasteiger partial charge in [0, 0.05) is 6.42 Å². The molecule has 34 valence electrons. The van der Waals surface area contributed by atoms with E-state index in [0.29, 0.717) is 0 Å². The minimum Gasteiger partial charge on any atom is -0.481 e. The highest BCUT2D eigenvalue weighted by Crippen LogP contribution is 1.81. The van der Waals surface area contributed by atoms with Gasteiger partial charge in [-0.15, -0.1) is 0 Å². The first-order chi connectivity index (χ1) is 2.77. The van der Waals surface area contributed by atoms with E-state index in [0.717, 1.165) is 0 Å². The molecule has 6 heavy (non-hydrogen) atoms. The van der Waals surface area contributed by atoms with Crippen molar-refractivity contribution in [2.24, 2.45) is 0 Å². The molecule has 0 aliphatic heterocycles. The highest BCUT2D eigenvalue weighted by atomic mass is 16.4. The van der Waals surface area contributed by atoms with Gasteiger partial charge in [-0.2, -0.15) is 0 Å².